The van der Waals surface area contributed by atoms with Gasteiger partial charge in [-0.3, -0.25) is 4.98 Å². The topological polar surface area (TPSA) is 34.2 Å². The molecule has 2 aromatic rings. The fraction of sp³-hybridized carbons (Fsp3) is 0.357. The van der Waals surface area contributed by atoms with E-state index in [1.54, 1.807) is 0 Å². The first kappa shape index (κ1) is 11.9. The molecule has 0 bridgehead atoms. The predicted octanol–water partition coefficient (Wildman–Crippen LogP) is 2.74. The summed E-state index contributed by atoms with van der Waals surface area (Å²) in [6.45, 7) is 4.89. The van der Waals surface area contributed by atoms with E-state index in [-0.39, 0.29) is 6.10 Å². The zero-order valence-corrected chi connectivity index (χ0v) is 10.5. The second kappa shape index (κ2) is 5.15. The van der Waals surface area contributed by atoms with E-state index < -0.39 is 0 Å². The summed E-state index contributed by atoms with van der Waals surface area (Å²) in [7, 11) is 1.93. The van der Waals surface area contributed by atoms with Gasteiger partial charge in [-0.15, -0.1) is 0 Å². The molecule has 0 aliphatic rings. The summed E-state index contributed by atoms with van der Waals surface area (Å²) in [6, 6.07) is 8.15. The van der Waals surface area contributed by atoms with Crippen molar-refractivity contribution in [3.8, 4) is 5.75 Å². The van der Waals surface area contributed by atoms with Gasteiger partial charge in [0.15, 0.2) is 0 Å². The Kier molecular flexibility index (Phi) is 3.59. The van der Waals surface area contributed by atoms with E-state index in [2.05, 4.69) is 16.4 Å². The van der Waals surface area contributed by atoms with Gasteiger partial charge in [0, 0.05) is 18.1 Å². The number of pyridine rings is 1. The SMILES string of the molecule is CNCc1cnc2ccc(OC(C)C)cc2c1. The summed E-state index contributed by atoms with van der Waals surface area (Å²) in [5.74, 6) is 0.899. The van der Waals surface area contributed by atoms with Crippen LogP contribution < -0.4 is 10.1 Å². The monoisotopic (exact) mass is 230 g/mol. The maximum Gasteiger partial charge on any atom is 0.120 e. The van der Waals surface area contributed by atoms with Gasteiger partial charge in [0.1, 0.15) is 5.75 Å². The number of aromatic nitrogens is 1. The molecule has 0 saturated heterocycles. The van der Waals surface area contributed by atoms with Crippen molar-refractivity contribution in [3.63, 3.8) is 0 Å². The Morgan fingerprint density at radius 2 is 2.12 bits per heavy atom. The highest BCUT2D eigenvalue weighted by Gasteiger charge is 2.02. The number of hydrogen-bond acceptors (Lipinski definition) is 3. The smallest absolute Gasteiger partial charge is 0.120 e. The normalized spacial score (nSPS) is 11.1. The lowest BCUT2D eigenvalue weighted by atomic mass is 10.1. The van der Waals surface area contributed by atoms with Gasteiger partial charge < -0.3 is 10.1 Å². The zero-order valence-electron chi connectivity index (χ0n) is 10.5. The number of benzene rings is 1. The number of hydrogen-bond donors (Lipinski definition) is 1. The van der Waals surface area contributed by atoms with Crippen LogP contribution in [0.4, 0.5) is 0 Å². The van der Waals surface area contributed by atoms with Gasteiger partial charge in [0.25, 0.3) is 0 Å². The minimum atomic E-state index is 0.195. The van der Waals surface area contributed by atoms with Crippen molar-refractivity contribution >= 4 is 10.9 Å². The quantitative estimate of drug-likeness (QED) is 0.877. The molecule has 0 radical (unpaired) electrons. The zero-order chi connectivity index (χ0) is 12.3. The highest BCUT2D eigenvalue weighted by Crippen LogP contribution is 2.21. The Morgan fingerprint density at radius 1 is 1.29 bits per heavy atom. The summed E-state index contributed by atoms with van der Waals surface area (Å²) >= 11 is 0. The molecule has 1 aromatic carbocycles. The summed E-state index contributed by atoms with van der Waals surface area (Å²) in [4.78, 5) is 4.42. The molecule has 0 aliphatic heterocycles. The third-order valence-electron chi connectivity index (χ3n) is 2.46. The second-order valence-corrected chi connectivity index (χ2v) is 4.40. The molecular formula is C14H18N2O. The van der Waals surface area contributed by atoms with Crippen molar-refractivity contribution in [3.05, 3.63) is 36.0 Å². The lowest BCUT2D eigenvalue weighted by Crippen LogP contribution is -2.06. The van der Waals surface area contributed by atoms with E-state index >= 15 is 0 Å². The van der Waals surface area contributed by atoms with E-state index in [0.717, 1.165) is 23.2 Å². The van der Waals surface area contributed by atoms with Gasteiger partial charge in [0.05, 0.1) is 11.6 Å². The fourth-order valence-electron chi connectivity index (χ4n) is 1.80. The third kappa shape index (κ3) is 2.94. The molecular weight excluding hydrogens is 212 g/mol. The standard InChI is InChI=1S/C14H18N2O/c1-10(2)17-13-4-5-14-12(7-13)6-11(8-15-3)9-16-14/h4-7,9-10,15H,8H2,1-3H3. The number of ether oxygens (including phenoxy) is 1. The summed E-state index contributed by atoms with van der Waals surface area (Å²) < 4.78 is 5.68. The van der Waals surface area contributed by atoms with Crippen LogP contribution >= 0.6 is 0 Å². The maximum atomic E-state index is 5.68. The Balaban J connectivity index is 2.36. The number of nitrogens with one attached hydrogen (secondary N) is 1. The Bertz CT molecular complexity index is 509. The van der Waals surface area contributed by atoms with Gasteiger partial charge in [-0.1, -0.05) is 0 Å². The fourth-order valence-corrected chi connectivity index (χ4v) is 1.80. The van der Waals surface area contributed by atoms with Crippen molar-refractivity contribution in [1.82, 2.24) is 10.3 Å². The predicted molar refractivity (Wildman–Crippen MR) is 70.3 cm³/mol. The Hall–Kier alpha value is -1.61. The molecule has 0 atom stereocenters. The summed E-state index contributed by atoms with van der Waals surface area (Å²) in [5.41, 5.74) is 2.18. The van der Waals surface area contributed by atoms with Gasteiger partial charge >= 0.3 is 0 Å². The van der Waals surface area contributed by atoms with E-state index in [4.69, 9.17) is 4.74 Å². The van der Waals surface area contributed by atoms with E-state index in [1.165, 1.54) is 5.56 Å². The molecule has 1 N–H and O–H groups in total. The lowest BCUT2D eigenvalue weighted by Gasteiger charge is -2.10. The molecule has 1 heterocycles. The molecule has 0 saturated carbocycles. The van der Waals surface area contributed by atoms with Crippen molar-refractivity contribution in [1.29, 1.82) is 0 Å². The highest BCUT2D eigenvalue weighted by atomic mass is 16.5. The highest BCUT2D eigenvalue weighted by molar-refractivity contribution is 5.80. The largest absolute Gasteiger partial charge is 0.491 e. The van der Waals surface area contributed by atoms with Gasteiger partial charge in [-0.25, -0.2) is 0 Å². The number of nitrogens with zero attached hydrogens (tertiary/aromatic N) is 1. The van der Waals surface area contributed by atoms with Crippen LogP contribution in [0.3, 0.4) is 0 Å². The van der Waals surface area contributed by atoms with Crippen LogP contribution in [0.15, 0.2) is 30.5 Å². The van der Waals surface area contributed by atoms with Crippen LogP contribution in [0, 0.1) is 0 Å². The third-order valence-corrected chi connectivity index (χ3v) is 2.46. The Morgan fingerprint density at radius 3 is 2.82 bits per heavy atom. The van der Waals surface area contributed by atoms with Crippen LogP contribution in [-0.4, -0.2) is 18.1 Å². The molecule has 1 aromatic heterocycles. The number of fused-ring (bicyclic) bond motifs is 1. The summed E-state index contributed by atoms with van der Waals surface area (Å²) in [5, 5.41) is 4.25. The average molecular weight is 230 g/mol. The molecule has 90 valence electrons. The van der Waals surface area contributed by atoms with E-state index in [0.29, 0.717) is 0 Å². The molecule has 17 heavy (non-hydrogen) atoms. The molecule has 3 heteroatoms. The molecule has 0 aliphatic carbocycles. The molecule has 0 unspecified atom stereocenters. The minimum Gasteiger partial charge on any atom is -0.491 e. The van der Waals surface area contributed by atoms with Crippen molar-refractivity contribution < 1.29 is 4.74 Å². The second-order valence-electron chi connectivity index (χ2n) is 4.40. The first-order valence-electron chi connectivity index (χ1n) is 5.89. The first-order valence-corrected chi connectivity index (χ1v) is 5.89. The van der Waals surface area contributed by atoms with Crippen LogP contribution in [0.25, 0.3) is 10.9 Å². The lowest BCUT2D eigenvalue weighted by molar-refractivity contribution is 0.243. The van der Waals surface area contributed by atoms with Crippen molar-refractivity contribution in [2.75, 3.05) is 7.05 Å². The minimum absolute atomic E-state index is 0.195. The van der Waals surface area contributed by atoms with Crippen LogP contribution in [-0.2, 0) is 6.54 Å². The Labute approximate surface area is 102 Å². The van der Waals surface area contributed by atoms with Crippen LogP contribution in [0.5, 0.6) is 5.75 Å². The van der Waals surface area contributed by atoms with Crippen molar-refractivity contribution in [2.24, 2.45) is 0 Å². The molecule has 3 nitrogen and oxygen atoms in total. The molecule has 2 rings (SSSR count). The van der Waals surface area contributed by atoms with Gasteiger partial charge in [-0.05, 0) is 50.7 Å². The van der Waals surface area contributed by atoms with Gasteiger partial charge in [-0.2, -0.15) is 0 Å². The maximum absolute atomic E-state index is 5.68. The molecule has 0 amide bonds. The van der Waals surface area contributed by atoms with E-state index in [1.807, 2.05) is 45.3 Å². The number of rotatable bonds is 4. The molecule has 0 spiro atoms. The van der Waals surface area contributed by atoms with Crippen LogP contribution in [0.2, 0.25) is 0 Å². The van der Waals surface area contributed by atoms with E-state index in [9.17, 15) is 0 Å². The first-order chi connectivity index (χ1) is 8.19. The summed E-state index contributed by atoms with van der Waals surface area (Å²) in [6.07, 6.45) is 2.10. The average Bonchev–Trinajstić information content (AvgIpc) is 2.28. The molecule has 0 fully saturated rings. The van der Waals surface area contributed by atoms with Crippen LogP contribution in [0.1, 0.15) is 19.4 Å². The van der Waals surface area contributed by atoms with Crippen molar-refractivity contribution in [2.45, 2.75) is 26.5 Å². The van der Waals surface area contributed by atoms with Gasteiger partial charge in [0.2, 0.25) is 0 Å².